The van der Waals surface area contributed by atoms with E-state index < -0.39 is 0 Å². The van der Waals surface area contributed by atoms with Crippen molar-refractivity contribution < 1.29 is 9.18 Å². The minimum Gasteiger partial charge on any atom is -0.358 e. The summed E-state index contributed by atoms with van der Waals surface area (Å²) < 4.78 is 11.6. The van der Waals surface area contributed by atoms with E-state index in [2.05, 4.69) is 10.6 Å². The van der Waals surface area contributed by atoms with Gasteiger partial charge in [-0.15, -0.1) is 0 Å². The van der Waals surface area contributed by atoms with E-state index in [-0.39, 0.29) is 18.6 Å². The van der Waals surface area contributed by atoms with Crippen molar-refractivity contribution in [2.24, 2.45) is 0 Å². The Kier molecular flexibility index (Phi) is 5.74. The van der Waals surface area contributed by atoms with Gasteiger partial charge in [0.25, 0.3) is 0 Å². The van der Waals surface area contributed by atoms with Crippen molar-refractivity contribution in [2.45, 2.75) is 19.4 Å². The van der Waals surface area contributed by atoms with Crippen LogP contribution in [0.4, 0.5) is 4.39 Å². The number of alkyl halides is 1. The van der Waals surface area contributed by atoms with Gasteiger partial charge in [0.05, 0.1) is 12.7 Å². The second kappa shape index (κ2) is 6.09. The second-order valence-electron chi connectivity index (χ2n) is 2.33. The molecule has 0 heterocycles. The van der Waals surface area contributed by atoms with Crippen LogP contribution >= 0.6 is 0 Å². The molecule has 66 valence electrons. The summed E-state index contributed by atoms with van der Waals surface area (Å²) in [5.41, 5.74) is 0. The lowest BCUT2D eigenvalue weighted by Gasteiger charge is -2.10. The Morgan fingerprint density at radius 2 is 2.27 bits per heavy atom. The first-order chi connectivity index (χ1) is 5.22. The fourth-order valence-corrected chi connectivity index (χ4v) is 0.695. The predicted molar refractivity (Wildman–Crippen MR) is 42.1 cm³/mol. The SMILES string of the molecule is CNC(=O)C(C)NCCCF. The summed E-state index contributed by atoms with van der Waals surface area (Å²) in [5.74, 6) is -0.0659. The molecule has 1 unspecified atom stereocenters. The molecular formula is C7H15FN2O. The maximum absolute atomic E-state index is 11.6. The van der Waals surface area contributed by atoms with Crippen molar-refractivity contribution in [1.82, 2.24) is 10.6 Å². The predicted octanol–water partition coefficient (Wildman–Crippen LogP) is 0.0701. The van der Waals surface area contributed by atoms with Gasteiger partial charge >= 0.3 is 0 Å². The number of likely N-dealkylation sites (N-methyl/N-ethyl adjacent to an activating group) is 1. The van der Waals surface area contributed by atoms with Crippen molar-refractivity contribution in [2.75, 3.05) is 20.3 Å². The lowest BCUT2D eigenvalue weighted by molar-refractivity contribution is -0.122. The Morgan fingerprint density at radius 3 is 2.73 bits per heavy atom. The lowest BCUT2D eigenvalue weighted by Crippen LogP contribution is -2.41. The zero-order valence-electron chi connectivity index (χ0n) is 6.98. The summed E-state index contributed by atoms with van der Waals surface area (Å²) in [6, 6.07) is -0.230. The fraction of sp³-hybridized carbons (Fsp3) is 0.857. The molecular weight excluding hydrogens is 147 g/mol. The Labute approximate surface area is 66.4 Å². The van der Waals surface area contributed by atoms with Crippen LogP contribution in [0.1, 0.15) is 13.3 Å². The van der Waals surface area contributed by atoms with Crippen LogP contribution in [0.5, 0.6) is 0 Å². The number of amides is 1. The van der Waals surface area contributed by atoms with Gasteiger partial charge in [0.15, 0.2) is 0 Å². The summed E-state index contributed by atoms with van der Waals surface area (Å²) in [6.45, 7) is 1.95. The molecule has 0 aliphatic heterocycles. The molecule has 0 radical (unpaired) electrons. The summed E-state index contributed by atoms with van der Waals surface area (Å²) in [5, 5.41) is 5.38. The van der Waals surface area contributed by atoms with Crippen molar-refractivity contribution >= 4 is 5.91 Å². The summed E-state index contributed by atoms with van der Waals surface area (Å²) in [6.07, 6.45) is 0.460. The van der Waals surface area contributed by atoms with Crippen LogP contribution in [0.3, 0.4) is 0 Å². The summed E-state index contributed by atoms with van der Waals surface area (Å²) in [7, 11) is 1.58. The van der Waals surface area contributed by atoms with E-state index in [1.807, 2.05) is 0 Å². The third kappa shape index (κ3) is 4.72. The third-order valence-corrected chi connectivity index (χ3v) is 1.40. The van der Waals surface area contributed by atoms with Gasteiger partial charge < -0.3 is 10.6 Å². The number of carbonyl (C=O) groups excluding carboxylic acids is 1. The Morgan fingerprint density at radius 1 is 1.64 bits per heavy atom. The van der Waals surface area contributed by atoms with Crippen molar-refractivity contribution in [3.8, 4) is 0 Å². The monoisotopic (exact) mass is 162 g/mol. The molecule has 4 heteroatoms. The molecule has 0 bridgehead atoms. The second-order valence-corrected chi connectivity index (χ2v) is 2.33. The van der Waals surface area contributed by atoms with E-state index in [4.69, 9.17) is 0 Å². The highest BCUT2D eigenvalue weighted by molar-refractivity contribution is 5.80. The van der Waals surface area contributed by atoms with Crippen LogP contribution in [0.15, 0.2) is 0 Å². The average Bonchev–Trinajstić information content (AvgIpc) is 2.03. The summed E-state index contributed by atoms with van der Waals surface area (Å²) in [4.78, 5) is 10.8. The minimum absolute atomic E-state index is 0.0659. The quantitative estimate of drug-likeness (QED) is 0.562. The minimum atomic E-state index is -0.340. The first-order valence-electron chi connectivity index (χ1n) is 3.73. The largest absolute Gasteiger partial charge is 0.358 e. The third-order valence-electron chi connectivity index (χ3n) is 1.40. The van der Waals surface area contributed by atoms with Gasteiger partial charge in [0, 0.05) is 7.05 Å². The number of carbonyl (C=O) groups is 1. The molecule has 1 amide bonds. The maximum atomic E-state index is 11.6. The topological polar surface area (TPSA) is 41.1 Å². The Hall–Kier alpha value is -0.640. The Bertz CT molecular complexity index is 119. The molecule has 0 saturated heterocycles. The molecule has 11 heavy (non-hydrogen) atoms. The van der Waals surface area contributed by atoms with Crippen molar-refractivity contribution in [3.05, 3.63) is 0 Å². The molecule has 0 aromatic carbocycles. The van der Waals surface area contributed by atoms with Gasteiger partial charge in [-0.1, -0.05) is 0 Å². The molecule has 0 saturated carbocycles. The highest BCUT2D eigenvalue weighted by Crippen LogP contribution is 1.83. The van der Waals surface area contributed by atoms with E-state index in [1.54, 1.807) is 14.0 Å². The first kappa shape index (κ1) is 10.4. The average molecular weight is 162 g/mol. The van der Waals surface area contributed by atoms with Crippen LogP contribution in [0, 0.1) is 0 Å². The zero-order valence-corrected chi connectivity index (χ0v) is 6.98. The van der Waals surface area contributed by atoms with E-state index in [9.17, 15) is 9.18 Å². The van der Waals surface area contributed by atoms with E-state index in [0.717, 1.165) is 0 Å². The maximum Gasteiger partial charge on any atom is 0.236 e. The van der Waals surface area contributed by atoms with Crippen LogP contribution in [0.2, 0.25) is 0 Å². The molecule has 2 N–H and O–H groups in total. The fourth-order valence-electron chi connectivity index (χ4n) is 0.695. The van der Waals surface area contributed by atoms with Gasteiger partial charge in [-0.05, 0) is 19.9 Å². The number of hydrogen-bond donors (Lipinski definition) is 2. The Balaban J connectivity index is 3.36. The smallest absolute Gasteiger partial charge is 0.236 e. The highest BCUT2D eigenvalue weighted by Gasteiger charge is 2.07. The number of nitrogens with one attached hydrogen (secondary N) is 2. The standard InChI is InChI=1S/C7H15FN2O/c1-6(7(11)9-2)10-5-3-4-8/h6,10H,3-5H2,1-2H3,(H,9,11). The molecule has 1 atom stereocenters. The van der Waals surface area contributed by atoms with Gasteiger partial charge in [0.2, 0.25) is 5.91 Å². The molecule has 0 aliphatic rings. The molecule has 3 nitrogen and oxygen atoms in total. The molecule has 0 rings (SSSR count). The van der Waals surface area contributed by atoms with Gasteiger partial charge in [0.1, 0.15) is 0 Å². The number of halogens is 1. The molecule has 0 fully saturated rings. The normalized spacial score (nSPS) is 12.6. The van der Waals surface area contributed by atoms with Gasteiger partial charge in [-0.3, -0.25) is 9.18 Å². The molecule has 0 aromatic heterocycles. The van der Waals surface area contributed by atoms with E-state index in [1.165, 1.54) is 0 Å². The van der Waals surface area contributed by atoms with Crippen molar-refractivity contribution in [1.29, 1.82) is 0 Å². The van der Waals surface area contributed by atoms with Crippen LogP contribution in [0.25, 0.3) is 0 Å². The van der Waals surface area contributed by atoms with Crippen LogP contribution < -0.4 is 10.6 Å². The molecule has 0 aliphatic carbocycles. The number of rotatable bonds is 5. The van der Waals surface area contributed by atoms with Crippen molar-refractivity contribution in [3.63, 3.8) is 0 Å². The highest BCUT2D eigenvalue weighted by atomic mass is 19.1. The van der Waals surface area contributed by atoms with E-state index in [0.29, 0.717) is 13.0 Å². The number of hydrogen-bond acceptors (Lipinski definition) is 2. The van der Waals surface area contributed by atoms with E-state index >= 15 is 0 Å². The molecule has 0 aromatic rings. The summed E-state index contributed by atoms with van der Waals surface area (Å²) >= 11 is 0. The van der Waals surface area contributed by atoms with Gasteiger partial charge in [-0.2, -0.15) is 0 Å². The van der Waals surface area contributed by atoms with Crippen LogP contribution in [-0.2, 0) is 4.79 Å². The van der Waals surface area contributed by atoms with Gasteiger partial charge in [-0.25, -0.2) is 0 Å². The zero-order chi connectivity index (χ0) is 8.69. The lowest BCUT2D eigenvalue weighted by atomic mass is 10.3. The molecule has 0 spiro atoms. The first-order valence-corrected chi connectivity index (χ1v) is 3.73. The van der Waals surface area contributed by atoms with Crippen LogP contribution in [-0.4, -0.2) is 32.2 Å².